The maximum absolute atomic E-state index is 12.4. The van der Waals surface area contributed by atoms with Crippen molar-refractivity contribution in [3.63, 3.8) is 0 Å². The van der Waals surface area contributed by atoms with E-state index in [1.807, 2.05) is 0 Å². The van der Waals surface area contributed by atoms with Gasteiger partial charge in [0.1, 0.15) is 0 Å². The Balaban J connectivity index is 1.88. The molecular weight excluding hydrogens is 376 g/mol. The molecule has 0 N–H and O–H groups in total. The normalized spacial score (nSPS) is 13.5. The molecule has 0 saturated heterocycles. The van der Waals surface area contributed by atoms with Gasteiger partial charge in [-0.3, -0.25) is 19.7 Å². The van der Waals surface area contributed by atoms with Crippen molar-refractivity contribution in [1.82, 2.24) is 0 Å². The standard InChI is InChI=1S/C17H13BrN2O4/c18-13-4-1-11(2-5-13)16(21)10-19-15-7-6-14(20(23)24)9-12(15)3-8-17(19)22/h1-2,4-7,9H,3,8,10H2. The average molecular weight is 389 g/mol. The number of aryl methyl sites for hydroxylation is 1. The predicted molar refractivity (Wildman–Crippen MR) is 92.2 cm³/mol. The lowest BCUT2D eigenvalue weighted by Gasteiger charge is -2.28. The van der Waals surface area contributed by atoms with E-state index in [1.165, 1.54) is 17.0 Å². The molecule has 1 amide bonds. The van der Waals surface area contributed by atoms with Crippen LogP contribution in [0.15, 0.2) is 46.9 Å². The highest BCUT2D eigenvalue weighted by Gasteiger charge is 2.27. The van der Waals surface area contributed by atoms with Crippen LogP contribution in [-0.2, 0) is 11.2 Å². The second kappa shape index (κ2) is 6.52. The maximum atomic E-state index is 12.4. The van der Waals surface area contributed by atoms with Crippen molar-refractivity contribution in [2.45, 2.75) is 12.8 Å². The minimum atomic E-state index is -0.464. The molecule has 3 rings (SSSR count). The van der Waals surface area contributed by atoms with Crippen molar-refractivity contribution in [2.24, 2.45) is 0 Å². The lowest BCUT2D eigenvalue weighted by molar-refractivity contribution is -0.384. The molecule has 0 saturated carbocycles. The van der Waals surface area contributed by atoms with E-state index in [4.69, 9.17) is 0 Å². The summed E-state index contributed by atoms with van der Waals surface area (Å²) in [4.78, 5) is 36.5. The fourth-order valence-corrected chi connectivity index (χ4v) is 2.97. The summed E-state index contributed by atoms with van der Waals surface area (Å²) < 4.78 is 0.866. The third kappa shape index (κ3) is 3.21. The topological polar surface area (TPSA) is 80.5 Å². The summed E-state index contributed by atoms with van der Waals surface area (Å²) in [5.41, 5.74) is 1.79. The molecule has 2 aromatic rings. The number of fused-ring (bicyclic) bond motifs is 1. The Morgan fingerprint density at radius 3 is 2.54 bits per heavy atom. The van der Waals surface area contributed by atoms with E-state index in [0.29, 0.717) is 23.2 Å². The van der Waals surface area contributed by atoms with Crippen LogP contribution in [0.3, 0.4) is 0 Å². The monoisotopic (exact) mass is 388 g/mol. The second-order valence-electron chi connectivity index (χ2n) is 5.48. The number of halogens is 1. The van der Waals surface area contributed by atoms with Crippen molar-refractivity contribution in [2.75, 3.05) is 11.4 Å². The Morgan fingerprint density at radius 2 is 1.88 bits per heavy atom. The summed E-state index contributed by atoms with van der Waals surface area (Å²) in [6.07, 6.45) is 0.681. The highest BCUT2D eigenvalue weighted by molar-refractivity contribution is 9.10. The van der Waals surface area contributed by atoms with Gasteiger partial charge in [-0.05, 0) is 30.2 Å². The van der Waals surface area contributed by atoms with Crippen LogP contribution in [0.5, 0.6) is 0 Å². The summed E-state index contributed by atoms with van der Waals surface area (Å²) >= 11 is 3.31. The van der Waals surface area contributed by atoms with Crippen molar-refractivity contribution in [3.8, 4) is 0 Å². The molecule has 24 heavy (non-hydrogen) atoms. The zero-order valence-electron chi connectivity index (χ0n) is 12.6. The minimum Gasteiger partial charge on any atom is -0.304 e. The fourth-order valence-electron chi connectivity index (χ4n) is 2.70. The second-order valence-corrected chi connectivity index (χ2v) is 6.40. The van der Waals surface area contributed by atoms with E-state index < -0.39 is 4.92 Å². The Bertz CT molecular complexity index is 833. The lowest BCUT2D eigenvalue weighted by atomic mass is 9.99. The Morgan fingerprint density at radius 1 is 1.17 bits per heavy atom. The molecule has 122 valence electrons. The van der Waals surface area contributed by atoms with Crippen LogP contribution in [0.1, 0.15) is 22.3 Å². The molecule has 0 radical (unpaired) electrons. The van der Waals surface area contributed by atoms with E-state index in [2.05, 4.69) is 15.9 Å². The summed E-state index contributed by atoms with van der Waals surface area (Å²) in [6, 6.07) is 11.3. The molecule has 0 aromatic heterocycles. The van der Waals surface area contributed by atoms with Gasteiger partial charge in [0.05, 0.1) is 11.5 Å². The first-order valence-electron chi connectivity index (χ1n) is 7.32. The number of carbonyl (C=O) groups excluding carboxylic acids is 2. The van der Waals surface area contributed by atoms with Gasteiger partial charge in [0.15, 0.2) is 5.78 Å². The fraction of sp³-hybridized carbons (Fsp3) is 0.176. The molecule has 0 atom stereocenters. The van der Waals surface area contributed by atoms with Gasteiger partial charge in [0.25, 0.3) is 5.69 Å². The van der Waals surface area contributed by atoms with E-state index >= 15 is 0 Å². The van der Waals surface area contributed by atoms with Gasteiger partial charge in [-0.15, -0.1) is 0 Å². The van der Waals surface area contributed by atoms with Gasteiger partial charge in [-0.2, -0.15) is 0 Å². The predicted octanol–water partition coefficient (Wildman–Crippen LogP) is 3.52. The number of hydrogen-bond acceptors (Lipinski definition) is 4. The maximum Gasteiger partial charge on any atom is 0.269 e. The quantitative estimate of drug-likeness (QED) is 0.455. The van der Waals surface area contributed by atoms with Gasteiger partial charge >= 0.3 is 0 Å². The Labute approximate surface area is 146 Å². The SMILES string of the molecule is O=C(CN1C(=O)CCc2cc([N+](=O)[O-])ccc21)c1ccc(Br)cc1. The van der Waals surface area contributed by atoms with Crippen LogP contribution in [-0.4, -0.2) is 23.2 Å². The number of nitro benzene ring substituents is 1. The number of non-ortho nitro benzene ring substituents is 1. The highest BCUT2D eigenvalue weighted by atomic mass is 79.9. The van der Waals surface area contributed by atoms with Crippen LogP contribution in [0.4, 0.5) is 11.4 Å². The number of nitrogens with zero attached hydrogens (tertiary/aromatic N) is 2. The first-order chi connectivity index (χ1) is 11.5. The minimum absolute atomic E-state index is 0.0118. The van der Waals surface area contributed by atoms with Crippen LogP contribution < -0.4 is 4.90 Å². The molecule has 1 aliphatic heterocycles. The smallest absolute Gasteiger partial charge is 0.269 e. The van der Waals surface area contributed by atoms with E-state index in [0.717, 1.165) is 4.47 Å². The number of hydrogen-bond donors (Lipinski definition) is 0. The molecule has 0 unspecified atom stereocenters. The molecule has 7 heteroatoms. The number of Topliss-reactive ketones (excluding diaryl/α,β-unsaturated/α-hetero) is 1. The molecule has 0 fully saturated rings. The van der Waals surface area contributed by atoms with Crippen LogP contribution in [0.2, 0.25) is 0 Å². The van der Waals surface area contributed by atoms with E-state index in [1.54, 1.807) is 30.3 Å². The zero-order valence-corrected chi connectivity index (χ0v) is 14.2. The van der Waals surface area contributed by atoms with Crippen molar-refractivity contribution in [1.29, 1.82) is 0 Å². The Hall–Kier alpha value is -2.54. The summed E-state index contributed by atoms with van der Waals surface area (Å²) in [5, 5.41) is 10.9. The van der Waals surface area contributed by atoms with Crippen LogP contribution in [0.25, 0.3) is 0 Å². The molecule has 0 bridgehead atoms. The molecule has 0 spiro atoms. The third-order valence-corrected chi connectivity index (χ3v) is 4.47. The van der Waals surface area contributed by atoms with Gasteiger partial charge in [-0.1, -0.05) is 28.1 Å². The largest absolute Gasteiger partial charge is 0.304 e. The molecular formula is C17H13BrN2O4. The molecule has 1 aliphatic rings. The number of anilines is 1. The molecule has 2 aromatic carbocycles. The number of amides is 1. The number of carbonyl (C=O) groups is 2. The number of nitro groups is 1. The first kappa shape index (κ1) is 16.3. The number of ketones is 1. The summed E-state index contributed by atoms with van der Waals surface area (Å²) in [5.74, 6) is -0.330. The van der Waals surface area contributed by atoms with Gasteiger partial charge < -0.3 is 4.90 Å². The van der Waals surface area contributed by atoms with Crippen molar-refractivity contribution < 1.29 is 14.5 Å². The van der Waals surface area contributed by atoms with Crippen LogP contribution >= 0.6 is 15.9 Å². The van der Waals surface area contributed by atoms with Gasteiger partial charge in [0, 0.05) is 34.3 Å². The van der Waals surface area contributed by atoms with Gasteiger partial charge in [-0.25, -0.2) is 0 Å². The number of benzene rings is 2. The van der Waals surface area contributed by atoms with Crippen molar-refractivity contribution in [3.05, 3.63) is 68.2 Å². The number of rotatable bonds is 4. The summed E-state index contributed by atoms with van der Waals surface area (Å²) in [7, 11) is 0. The molecule has 6 nitrogen and oxygen atoms in total. The van der Waals surface area contributed by atoms with Gasteiger partial charge in [0.2, 0.25) is 5.91 Å². The zero-order chi connectivity index (χ0) is 17.3. The Kier molecular flexibility index (Phi) is 4.44. The van der Waals surface area contributed by atoms with E-state index in [9.17, 15) is 19.7 Å². The average Bonchev–Trinajstić information content (AvgIpc) is 2.57. The first-order valence-corrected chi connectivity index (χ1v) is 8.11. The highest BCUT2D eigenvalue weighted by Crippen LogP contribution is 2.31. The van der Waals surface area contributed by atoms with Crippen LogP contribution in [0, 0.1) is 10.1 Å². The molecule has 1 heterocycles. The lowest BCUT2D eigenvalue weighted by Crippen LogP contribution is -2.39. The summed E-state index contributed by atoms with van der Waals surface area (Å²) in [6.45, 7) is -0.0781. The third-order valence-electron chi connectivity index (χ3n) is 3.94. The molecule has 0 aliphatic carbocycles. The van der Waals surface area contributed by atoms with E-state index in [-0.39, 0.29) is 30.3 Å². The van der Waals surface area contributed by atoms with Crippen molar-refractivity contribution >= 4 is 39.0 Å².